The van der Waals surface area contributed by atoms with Gasteiger partial charge in [0.05, 0.1) is 13.2 Å². The summed E-state index contributed by atoms with van der Waals surface area (Å²) in [5.41, 5.74) is 2.56. The molecule has 0 aliphatic carbocycles. The molecule has 37 heavy (non-hydrogen) atoms. The second kappa shape index (κ2) is 12.3. The summed E-state index contributed by atoms with van der Waals surface area (Å²) in [4.78, 5) is 0. The van der Waals surface area contributed by atoms with Crippen molar-refractivity contribution < 1.29 is 27.4 Å². The summed E-state index contributed by atoms with van der Waals surface area (Å²) in [5, 5.41) is 0. The summed E-state index contributed by atoms with van der Waals surface area (Å²) >= 11 is 0. The number of rotatable bonds is 11. The van der Waals surface area contributed by atoms with Crippen LogP contribution in [0.2, 0.25) is 0 Å². The van der Waals surface area contributed by atoms with Crippen LogP contribution in [0, 0.1) is 17.5 Å². The summed E-state index contributed by atoms with van der Waals surface area (Å²) in [6.07, 6.45) is 1.99. The van der Waals surface area contributed by atoms with E-state index in [1.165, 1.54) is 18.2 Å². The van der Waals surface area contributed by atoms with E-state index in [4.69, 9.17) is 14.2 Å². The topological polar surface area (TPSA) is 27.7 Å². The van der Waals surface area contributed by atoms with E-state index in [0.717, 1.165) is 18.4 Å². The Labute approximate surface area is 215 Å². The molecule has 0 N–H and O–H groups in total. The first-order chi connectivity index (χ1) is 18.0. The number of benzene rings is 4. The molecule has 3 nitrogen and oxygen atoms in total. The van der Waals surface area contributed by atoms with E-state index in [2.05, 4.69) is 6.92 Å². The van der Waals surface area contributed by atoms with Gasteiger partial charge in [0.25, 0.3) is 0 Å². The Morgan fingerprint density at radius 1 is 0.622 bits per heavy atom. The van der Waals surface area contributed by atoms with Crippen LogP contribution in [0.1, 0.15) is 32.3 Å². The lowest BCUT2D eigenvalue weighted by Gasteiger charge is -2.12. The van der Waals surface area contributed by atoms with Gasteiger partial charge in [0.2, 0.25) is 5.82 Å². The first-order valence-corrected chi connectivity index (χ1v) is 12.4. The van der Waals surface area contributed by atoms with E-state index in [9.17, 15) is 13.2 Å². The molecular weight excluding hydrogens is 477 g/mol. The summed E-state index contributed by atoms with van der Waals surface area (Å²) in [7, 11) is 0. The van der Waals surface area contributed by atoms with E-state index in [1.807, 2.05) is 6.92 Å². The Bertz CT molecular complexity index is 1320. The van der Waals surface area contributed by atoms with Gasteiger partial charge in [0.1, 0.15) is 23.9 Å². The van der Waals surface area contributed by atoms with Crippen LogP contribution >= 0.6 is 0 Å². The number of ether oxygens (including phenoxy) is 3. The largest absolute Gasteiger partial charge is 0.494 e. The minimum Gasteiger partial charge on any atom is -0.494 e. The van der Waals surface area contributed by atoms with Crippen molar-refractivity contribution in [1.29, 1.82) is 0 Å². The minimum absolute atomic E-state index is 0.0333. The highest BCUT2D eigenvalue weighted by atomic mass is 19.2. The number of hydrogen-bond acceptors (Lipinski definition) is 3. The summed E-state index contributed by atoms with van der Waals surface area (Å²) in [6.45, 7) is 5.03. The van der Waals surface area contributed by atoms with Gasteiger partial charge in [0.15, 0.2) is 11.6 Å². The third kappa shape index (κ3) is 6.45. The minimum atomic E-state index is -1.05. The fourth-order valence-corrected chi connectivity index (χ4v) is 3.86. The van der Waals surface area contributed by atoms with E-state index in [-0.39, 0.29) is 23.7 Å². The van der Waals surface area contributed by atoms with Gasteiger partial charge in [-0.1, -0.05) is 49.7 Å². The van der Waals surface area contributed by atoms with Crippen molar-refractivity contribution in [1.82, 2.24) is 0 Å². The highest BCUT2D eigenvalue weighted by Crippen LogP contribution is 2.32. The first kappa shape index (κ1) is 26.1. The van der Waals surface area contributed by atoms with Crippen LogP contribution in [0.5, 0.6) is 17.2 Å². The molecule has 4 rings (SSSR count). The maximum absolute atomic E-state index is 14.8. The lowest BCUT2D eigenvalue weighted by molar-refractivity contribution is 0.285. The van der Waals surface area contributed by atoms with Gasteiger partial charge in [-0.3, -0.25) is 0 Å². The predicted molar refractivity (Wildman–Crippen MR) is 140 cm³/mol. The zero-order valence-electron chi connectivity index (χ0n) is 20.9. The summed E-state index contributed by atoms with van der Waals surface area (Å²) in [5.74, 6) is -1.42. The Balaban J connectivity index is 1.41. The molecule has 192 valence electrons. The molecule has 4 aromatic rings. The fourth-order valence-electron chi connectivity index (χ4n) is 3.86. The second-order valence-corrected chi connectivity index (χ2v) is 8.53. The molecule has 0 aliphatic heterocycles. The van der Waals surface area contributed by atoms with Gasteiger partial charge in [-0.15, -0.1) is 0 Å². The van der Waals surface area contributed by atoms with Gasteiger partial charge in [0, 0.05) is 17.2 Å². The molecule has 0 radical (unpaired) electrons. The van der Waals surface area contributed by atoms with E-state index < -0.39 is 11.6 Å². The average molecular weight is 507 g/mol. The number of halogens is 3. The number of hydrogen-bond donors (Lipinski definition) is 0. The fraction of sp³-hybridized carbons (Fsp3) is 0.226. The van der Waals surface area contributed by atoms with Crippen LogP contribution in [-0.2, 0) is 6.61 Å². The predicted octanol–water partition coefficient (Wildman–Crippen LogP) is 8.59. The maximum atomic E-state index is 14.8. The highest BCUT2D eigenvalue weighted by Gasteiger charge is 2.16. The molecule has 0 aliphatic rings. The Hall–Kier alpha value is -3.93. The SMILES string of the molecule is CCCCOc1ccc(-c2ccc(OCc3ccc(-c4ccc(OCC)cc4F)cc3)c(F)c2F)cc1. The maximum Gasteiger partial charge on any atom is 0.201 e. The first-order valence-electron chi connectivity index (χ1n) is 12.4. The Morgan fingerprint density at radius 2 is 1.27 bits per heavy atom. The molecule has 0 aromatic heterocycles. The second-order valence-electron chi connectivity index (χ2n) is 8.53. The highest BCUT2D eigenvalue weighted by molar-refractivity contribution is 5.66. The van der Waals surface area contributed by atoms with Crippen molar-refractivity contribution in [2.45, 2.75) is 33.3 Å². The lowest BCUT2D eigenvalue weighted by atomic mass is 10.0. The van der Waals surface area contributed by atoms with Gasteiger partial charge < -0.3 is 14.2 Å². The van der Waals surface area contributed by atoms with Crippen LogP contribution in [-0.4, -0.2) is 13.2 Å². The van der Waals surface area contributed by atoms with Crippen LogP contribution in [0.4, 0.5) is 13.2 Å². The van der Waals surface area contributed by atoms with Crippen molar-refractivity contribution in [3.63, 3.8) is 0 Å². The average Bonchev–Trinajstić information content (AvgIpc) is 2.91. The normalized spacial score (nSPS) is 10.8. The van der Waals surface area contributed by atoms with Gasteiger partial charge in [-0.25, -0.2) is 8.78 Å². The number of unbranched alkanes of at least 4 members (excludes halogenated alkanes) is 1. The molecule has 0 atom stereocenters. The standard InChI is InChI=1S/C31H29F3O3/c1-3-5-18-36-24-12-10-23(11-13-24)27-16-17-29(31(34)30(27)33)37-20-21-6-8-22(9-7-21)26-15-14-25(35-4-2)19-28(26)32/h6-17,19H,3-5,18,20H2,1-2H3. The van der Waals surface area contributed by atoms with E-state index in [0.29, 0.717) is 41.4 Å². The van der Waals surface area contributed by atoms with E-state index >= 15 is 0 Å². The molecule has 0 unspecified atom stereocenters. The van der Waals surface area contributed by atoms with Crippen molar-refractivity contribution in [3.8, 4) is 39.5 Å². The molecule has 0 amide bonds. The molecule has 0 fully saturated rings. The molecule has 0 bridgehead atoms. The van der Waals surface area contributed by atoms with Crippen LogP contribution in [0.15, 0.2) is 78.9 Å². The summed E-state index contributed by atoms with van der Waals surface area (Å²) < 4.78 is 60.6. The van der Waals surface area contributed by atoms with Crippen molar-refractivity contribution in [2.75, 3.05) is 13.2 Å². The van der Waals surface area contributed by atoms with Crippen LogP contribution in [0.25, 0.3) is 22.3 Å². The Morgan fingerprint density at radius 3 is 1.95 bits per heavy atom. The molecule has 6 heteroatoms. The van der Waals surface area contributed by atoms with Gasteiger partial charge in [-0.2, -0.15) is 4.39 Å². The zero-order valence-corrected chi connectivity index (χ0v) is 20.9. The molecule has 0 spiro atoms. The molecule has 0 saturated carbocycles. The van der Waals surface area contributed by atoms with Gasteiger partial charge >= 0.3 is 0 Å². The van der Waals surface area contributed by atoms with Crippen molar-refractivity contribution in [3.05, 3.63) is 102 Å². The third-order valence-electron chi connectivity index (χ3n) is 5.89. The smallest absolute Gasteiger partial charge is 0.201 e. The van der Waals surface area contributed by atoms with Gasteiger partial charge in [-0.05, 0) is 66.4 Å². The van der Waals surface area contributed by atoms with E-state index in [1.54, 1.807) is 60.7 Å². The quantitative estimate of drug-likeness (QED) is 0.191. The van der Waals surface area contributed by atoms with Crippen molar-refractivity contribution >= 4 is 0 Å². The molecule has 0 heterocycles. The monoisotopic (exact) mass is 506 g/mol. The Kier molecular flexibility index (Phi) is 8.72. The lowest BCUT2D eigenvalue weighted by Crippen LogP contribution is -2.00. The van der Waals surface area contributed by atoms with Crippen LogP contribution < -0.4 is 14.2 Å². The summed E-state index contributed by atoms with van der Waals surface area (Å²) in [6, 6.07) is 21.6. The third-order valence-corrected chi connectivity index (χ3v) is 5.89. The zero-order chi connectivity index (χ0) is 26.2. The van der Waals surface area contributed by atoms with Crippen LogP contribution in [0.3, 0.4) is 0 Å². The van der Waals surface area contributed by atoms with Crippen molar-refractivity contribution in [2.24, 2.45) is 0 Å². The molecular formula is C31H29F3O3. The molecule has 4 aromatic carbocycles. The molecule has 0 saturated heterocycles.